The van der Waals surface area contributed by atoms with Crippen LogP contribution in [0, 0.1) is 35.2 Å². The van der Waals surface area contributed by atoms with Gasteiger partial charge in [0.2, 0.25) is 0 Å². The first kappa shape index (κ1) is 41.6. The largest absolute Gasteiger partial charge is 0.507 e. The smallest absolute Gasteiger partial charge is 0.161 e. The maximum Gasteiger partial charge on any atom is 0.161 e. The van der Waals surface area contributed by atoms with Gasteiger partial charge in [-0.05, 0) is 72.8 Å². The van der Waals surface area contributed by atoms with E-state index < -0.39 is 0 Å². The topological polar surface area (TPSA) is 112 Å². The second-order valence-corrected chi connectivity index (χ2v) is 10.8. The number of allylic oxidation sites excluding steroid dienone is 3. The summed E-state index contributed by atoms with van der Waals surface area (Å²) < 4.78 is 37.7. The Morgan fingerprint density at radius 1 is 0.457 bits per heavy atom. The van der Waals surface area contributed by atoms with Gasteiger partial charge in [0.1, 0.15) is 34.7 Å². The summed E-state index contributed by atoms with van der Waals surface area (Å²) in [5.74, 6) is -2.46. The summed E-state index contributed by atoms with van der Waals surface area (Å²) >= 11 is 0. The first-order chi connectivity index (χ1) is 21.0. The predicted molar refractivity (Wildman–Crippen MR) is 171 cm³/mol. The van der Waals surface area contributed by atoms with Gasteiger partial charge in [-0.25, -0.2) is 13.2 Å². The minimum atomic E-state index is -0.373. The van der Waals surface area contributed by atoms with Crippen molar-refractivity contribution in [3.8, 4) is 0 Å². The Bertz CT molecular complexity index is 1320. The molecule has 0 aliphatic heterocycles. The molecular formula is C36H39F3FeO6. The van der Waals surface area contributed by atoms with E-state index in [-0.39, 0.29) is 86.9 Å². The predicted octanol–water partition coefficient (Wildman–Crippen LogP) is 8.85. The van der Waals surface area contributed by atoms with Crippen LogP contribution in [-0.2, 0) is 31.5 Å². The van der Waals surface area contributed by atoms with E-state index in [1.54, 1.807) is 41.5 Å². The molecule has 0 saturated heterocycles. The Kier molecular flexibility index (Phi) is 18.6. The SMILES string of the molecule is CC(C)C(=O)C=C(O)c1ccc(F)cc1.CC(C)C(=O)C=C(O)c1ccc(F)cc1.CC(C)C(=O)C=C(O)c1ccc(F)cc1.[Fe]. The number of rotatable bonds is 9. The summed E-state index contributed by atoms with van der Waals surface area (Å²) in [5, 5.41) is 28.6. The summed E-state index contributed by atoms with van der Waals surface area (Å²) in [6.07, 6.45) is 3.49. The van der Waals surface area contributed by atoms with E-state index in [1.807, 2.05) is 0 Å². The number of hydrogen-bond acceptors (Lipinski definition) is 6. The van der Waals surface area contributed by atoms with E-state index in [9.17, 15) is 42.9 Å². The maximum absolute atomic E-state index is 12.6. The van der Waals surface area contributed by atoms with Crippen LogP contribution in [0.5, 0.6) is 0 Å². The third-order valence-corrected chi connectivity index (χ3v) is 5.96. The van der Waals surface area contributed by atoms with Crippen LogP contribution in [0.3, 0.4) is 0 Å². The molecule has 10 heteroatoms. The van der Waals surface area contributed by atoms with Crippen molar-refractivity contribution in [1.29, 1.82) is 0 Å². The molecule has 0 heterocycles. The molecule has 3 aromatic rings. The zero-order valence-electron chi connectivity index (χ0n) is 26.4. The van der Waals surface area contributed by atoms with E-state index in [2.05, 4.69) is 0 Å². The molecule has 0 atom stereocenters. The van der Waals surface area contributed by atoms with Gasteiger partial charge in [0.15, 0.2) is 17.3 Å². The Balaban J connectivity index is 0.000000653. The van der Waals surface area contributed by atoms with E-state index in [4.69, 9.17) is 0 Å². The zero-order chi connectivity index (χ0) is 34.3. The van der Waals surface area contributed by atoms with Crippen molar-refractivity contribution >= 4 is 34.6 Å². The van der Waals surface area contributed by atoms with E-state index in [1.165, 1.54) is 72.8 Å². The number of carbonyl (C=O) groups excluding carboxylic acids is 3. The van der Waals surface area contributed by atoms with Crippen LogP contribution in [-0.4, -0.2) is 32.7 Å². The number of benzene rings is 3. The molecule has 0 saturated carbocycles. The van der Waals surface area contributed by atoms with Crippen LogP contribution in [0.4, 0.5) is 13.2 Å². The Labute approximate surface area is 278 Å². The number of carbonyl (C=O) groups is 3. The van der Waals surface area contributed by atoms with Gasteiger partial charge in [0, 0.05) is 69.7 Å². The molecule has 3 rings (SSSR count). The monoisotopic (exact) mass is 680 g/mol. The van der Waals surface area contributed by atoms with Crippen molar-refractivity contribution in [2.45, 2.75) is 41.5 Å². The summed E-state index contributed by atoms with van der Waals surface area (Å²) in [6.45, 7) is 10.5. The summed E-state index contributed by atoms with van der Waals surface area (Å²) in [6, 6.07) is 16.0. The van der Waals surface area contributed by atoms with Crippen LogP contribution < -0.4 is 0 Å². The fourth-order valence-corrected chi connectivity index (χ4v) is 3.02. The molecule has 0 aliphatic carbocycles. The van der Waals surface area contributed by atoms with Gasteiger partial charge in [-0.2, -0.15) is 0 Å². The first-order valence-electron chi connectivity index (χ1n) is 14.1. The average molecular weight is 681 g/mol. The van der Waals surface area contributed by atoms with Gasteiger partial charge in [-0.15, -0.1) is 0 Å². The zero-order valence-corrected chi connectivity index (χ0v) is 27.6. The number of hydrogen-bond donors (Lipinski definition) is 3. The molecule has 0 bridgehead atoms. The van der Waals surface area contributed by atoms with Crippen molar-refractivity contribution < 1.29 is 59.9 Å². The fourth-order valence-electron chi connectivity index (χ4n) is 3.02. The van der Waals surface area contributed by atoms with Crippen LogP contribution in [0.2, 0.25) is 0 Å². The molecule has 248 valence electrons. The normalized spacial score (nSPS) is 11.6. The minimum absolute atomic E-state index is 0. The summed E-state index contributed by atoms with van der Waals surface area (Å²) in [4.78, 5) is 33.8. The maximum atomic E-state index is 12.6. The van der Waals surface area contributed by atoms with Gasteiger partial charge in [0.25, 0.3) is 0 Å². The molecule has 0 amide bonds. The molecule has 46 heavy (non-hydrogen) atoms. The quantitative estimate of drug-likeness (QED) is 0.118. The second-order valence-electron chi connectivity index (χ2n) is 10.8. The summed E-state index contributed by atoms with van der Waals surface area (Å²) in [7, 11) is 0. The van der Waals surface area contributed by atoms with Crippen LogP contribution in [0.1, 0.15) is 58.2 Å². The Hall–Kier alpha value is -4.40. The molecule has 0 aromatic heterocycles. The first-order valence-corrected chi connectivity index (χ1v) is 14.1. The third kappa shape index (κ3) is 15.5. The van der Waals surface area contributed by atoms with Gasteiger partial charge < -0.3 is 15.3 Å². The van der Waals surface area contributed by atoms with Gasteiger partial charge >= 0.3 is 0 Å². The van der Waals surface area contributed by atoms with Crippen LogP contribution in [0.15, 0.2) is 91.0 Å². The van der Waals surface area contributed by atoms with E-state index in [0.717, 1.165) is 18.2 Å². The van der Waals surface area contributed by atoms with Gasteiger partial charge in [-0.1, -0.05) is 41.5 Å². The molecular weight excluding hydrogens is 641 g/mol. The molecule has 0 radical (unpaired) electrons. The molecule has 3 aromatic carbocycles. The molecule has 0 spiro atoms. The van der Waals surface area contributed by atoms with Crippen molar-refractivity contribution in [3.63, 3.8) is 0 Å². The Morgan fingerprint density at radius 3 is 0.783 bits per heavy atom. The second kappa shape index (κ2) is 20.6. The summed E-state index contributed by atoms with van der Waals surface area (Å²) in [5.41, 5.74) is 1.31. The number of aliphatic hydroxyl groups is 3. The van der Waals surface area contributed by atoms with Crippen molar-refractivity contribution in [1.82, 2.24) is 0 Å². The fraction of sp³-hybridized carbons (Fsp3) is 0.250. The number of aliphatic hydroxyl groups excluding tert-OH is 3. The van der Waals surface area contributed by atoms with Crippen LogP contribution >= 0.6 is 0 Å². The van der Waals surface area contributed by atoms with Crippen molar-refractivity contribution in [2.24, 2.45) is 17.8 Å². The third-order valence-electron chi connectivity index (χ3n) is 5.96. The minimum Gasteiger partial charge on any atom is -0.507 e. The molecule has 0 aliphatic rings. The van der Waals surface area contributed by atoms with Gasteiger partial charge in [-0.3, -0.25) is 14.4 Å². The van der Waals surface area contributed by atoms with E-state index >= 15 is 0 Å². The molecule has 3 N–H and O–H groups in total. The molecule has 0 unspecified atom stereocenters. The number of halogens is 3. The van der Waals surface area contributed by atoms with Gasteiger partial charge in [0.05, 0.1) is 0 Å². The molecule has 6 nitrogen and oxygen atoms in total. The van der Waals surface area contributed by atoms with Crippen molar-refractivity contribution in [3.05, 3.63) is 125 Å². The number of ketones is 3. The van der Waals surface area contributed by atoms with Crippen LogP contribution in [0.25, 0.3) is 17.3 Å². The standard InChI is InChI=1S/3C12H13FO2.Fe/c3*1-8(2)11(14)7-12(15)9-3-5-10(13)6-4-9;/h3*3-8,15H,1-2H3;. The average Bonchev–Trinajstić information content (AvgIpc) is 2.98. The van der Waals surface area contributed by atoms with Crippen molar-refractivity contribution in [2.75, 3.05) is 0 Å². The van der Waals surface area contributed by atoms with E-state index in [0.29, 0.717) is 16.7 Å². The Morgan fingerprint density at radius 2 is 0.630 bits per heavy atom. The molecule has 0 fully saturated rings.